The molecule has 0 radical (unpaired) electrons. The predicted molar refractivity (Wildman–Crippen MR) is 70.0 cm³/mol. The Labute approximate surface area is 97.4 Å². The molecule has 0 aromatic rings. The Bertz CT molecular complexity index is 97.5. The van der Waals surface area contributed by atoms with Gasteiger partial charge in [-0.2, -0.15) is 0 Å². The molecule has 0 fully saturated rings. The van der Waals surface area contributed by atoms with Crippen molar-refractivity contribution in [2.24, 2.45) is 0 Å². The first-order chi connectivity index (χ1) is 6.81. The van der Waals surface area contributed by atoms with Gasteiger partial charge in [0.2, 0.25) is 0 Å². The first-order valence-corrected chi connectivity index (χ1v) is 7.82. The molecule has 0 aliphatic carbocycles. The summed E-state index contributed by atoms with van der Waals surface area (Å²) in [5.74, 6) is 2.21. The summed E-state index contributed by atoms with van der Waals surface area (Å²) in [6, 6.07) is 0. The summed E-state index contributed by atoms with van der Waals surface area (Å²) in [6.45, 7) is 4.42. The van der Waals surface area contributed by atoms with Crippen LogP contribution in [0.2, 0.25) is 0 Å². The fourth-order valence-electron chi connectivity index (χ4n) is 1.12. The van der Waals surface area contributed by atoms with E-state index < -0.39 is 0 Å². The molecular formula is C11H24OS2. The second kappa shape index (κ2) is 11.7. The summed E-state index contributed by atoms with van der Waals surface area (Å²) < 4.78 is -0.191. The largest absolute Gasteiger partial charge is 0.373 e. The molecule has 3 heteroatoms. The van der Waals surface area contributed by atoms with E-state index in [2.05, 4.69) is 13.8 Å². The maximum absolute atomic E-state index is 9.57. The van der Waals surface area contributed by atoms with E-state index >= 15 is 0 Å². The average molecular weight is 236 g/mol. The second-order valence-corrected chi connectivity index (χ2v) is 6.14. The van der Waals surface area contributed by atoms with Crippen molar-refractivity contribution in [3.05, 3.63) is 0 Å². The van der Waals surface area contributed by atoms with Gasteiger partial charge in [-0.05, 0) is 24.3 Å². The van der Waals surface area contributed by atoms with Gasteiger partial charge in [0.1, 0.15) is 4.77 Å². The minimum atomic E-state index is -0.191. The standard InChI is InChI=1S/C11H24OS2/c1-3-5-7-9-13-11(12)14-10-8-6-4-2/h11-12H,3-10H2,1-2H3. The van der Waals surface area contributed by atoms with E-state index in [9.17, 15) is 5.11 Å². The van der Waals surface area contributed by atoms with Crippen LogP contribution in [0.15, 0.2) is 0 Å². The van der Waals surface area contributed by atoms with Crippen LogP contribution in [0.5, 0.6) is 0 Å². The van der Waals surface area contributed by atoms with Crippen LogP contribution in [0.25, 0.3) is 0 Å². The van der Waals surface area contributed by atoms with Gasteiger partial charge in [-0.3, -0.25) is 0 Å². The third-order valence-electron chi connectivity index (χ3n) is 2.02. The Morgan fingerprint density at radius 1 is 0.857 bits per heavy atom. The number of hydrogen-bond donors (Lipinski definition) is 1. The molecule has 86 valence electrons. The smallest absolute Gasteiger partial charge is 0.146 e. The van der Waals surface area contributed by atoms with Crippen LogP contribution in [0.4, 0.5) is 0 Å². The van der Waals surface area contributed by atoms with E-state index in [0.29, 0.717) is 0 Å². The Hall–Kier alpha value is 0.660. The molecule has 0 amide bonds. The molecule has 0 aliphatic rings. The quantitative estimate of drug-likeness (QED) is 0.455. The van der Waals surface area contributed by atoms with E-state index in [1.807, 2.05) is 0 Å². The van der Waals surface area contributed by atoms with Crippen molar-refractivity contribution < 1.29 is 5.11 Å². The highest BCUT2D eigenvalue weighted by Crippen LogP contribution is 2.23. The van der Waals surface area contributed by atoms with Crippen molar-refractivity contribution in [1.29, 1.82) is 0 Å². The SMILES string of the molecule is CCCCCSC(O)SCCCCC. The Morgan fingerprint density at radius 2 is 1.29 bits per heavy atom. The molecular weight excluding hydrogens is 212 g/mol. The summed E-state index contributed by atoms with van der Waals surface area (Å²) >= 11 is 3.39. The van der Waals surface area contributed by atoms with Crippen molar-refractivity contribution in [3.63, 3.8) is 0 Å². The average Bonchev–Trinajstić information content (AvgIpc) is 2.19. The fourth-order valence-corrected chi connectivity index (χ4v) is 3.23. The van der Waals surface area contributed by atoms with Crippen molar-refractivity contribution >= 4 is 23.5 Å². The Balaban J connectivity index is 3.07. The molecule has 1 N–H and O–H groups in total. The lowest BCUT2D eigenvalue weighted by Gasteiger charge is -2.09. The minimum Gasteiger partial charge on any atom is -0.373 e. The molecule has 0 unspecified atom stereocenters. The van der Waals surface area contributed by atoms with Gasteiger partial charge in [0.25, 0.3) is 0 Å². The molecule has 0 saturated carbocycles. The van der Waals surface area contributed by atoms with Crippen LogP contribution >= 0.6 is 23.5 Å². The zero-order valence-electron chi connectivity index (χ0n) is 9.50. The molecule has 1 nitrogen and oxygen atoms in total. The van der Waals surface area contributed by atoms with Gasteiger partial charge in [0.05, 0.1) is 0 Å². The highest BCUT2D eigenvalue weighted by molar-refractivity contribution is 8.16. The zero-order chi connectivity index (χ0) is 10.6. The van der Waals surface area contributed by atoms with Gasteiger partial charge in [0, 0.05) is 0 Å². The van der Waals surface area contributed by atoms with Crippen LogP contribution in [-0.4, -0.2) is 21.4 Å². The molecule has 0 aliphatic heterocycles. The highest BCUT2D eigenvalue weighted by Gasteiger charge is 2.03. The Morgan fingerprint density at radius 3 is 1.64 bits per heavy atom. The predicted octanol–water partition coefficient (Wildman–Crippen LogP) is 4.11. The first kappa shape index (κ1) is 14.7. The molecule has 0 rings (SSSR count). The summed E-state index contributed by atoms with van der Waals surface area (Å²) in [6.07, 6.45) is 7.60. The van der Waals surface area contributed by atoms with Crippen LogP contribution in [0, 0.1) is 0 Å². The monoisotopic (exact) mass is 236 g/mol. The van der Waals surface area contributed by atoms with E-state index in [0.717, 1.165) is 11.5 Å². The second-order valence-electron chi connectivity index (χ2n) is 3.46. The molecule has 14 heavy (non-hydrogen) atoms. The van der Waals surface area contributed by atoms with Crippen molar-refractivity contribution in [1.82, 2.24) is 0 Å². The maximum atomic E-state index is 9.57. The van der Waals surface area contributed by atoms with E-state index in [1.165, 1.54) is 38.5 Å². The number of aliphatic hydroxyl groups is 1. The minimum absolute atomic E-state index is 0.191. The highest BCUT2D eigenvalue weighted by atomic mass is 32.2. The van der Waals surface area contributed by atoms with Gasteiger partial charge >= 0.3 is 0 Å². The lowest BCUT2D eigenvalue weighted by molar-refractivity contribution is 0.345. The van der Waals surface area contributed by atoms with Crippen molar-refractivity contribution in [2.75, 3.05) is 11.5 Å². The third kappa shape index (κ3) is 10.7. The van der Waals surface area contributed by atoms with Gasteiger partial charge < -0.3 is 5.11 Å². The Kier molecular flexibility index (Phi) is 12.3. The summed E-state index contributed by atoms with van der Waals surface area (Å²) in [5.41, 5.74) is 0. The molecule has 0 heterocycles. The fraction of sp³-hybridized carbons (Fsp3) is 1.00. The van der Waals surface area contributed by atoms with Gasteiger partial charge in [0.15, 0.2) is 0 Å². The van der Waals surface area contributed by atoms with Crippen LogP contribution < -0.4 is 0 Å². The molecule has 0 atom stereocenters. The van der Waals surface area contributed by atoms with Gasteiger partial charge in [-0.25, -0.2) is 0 Å². The van der Waals surface area contributed by atoms with E-state index in [1.54, 1.807) is 23.5 Å². The first-order valence-electron chi connectivity index (χ1n) is 5.72. The summed E-state index contributed by atoms with van der Waals surface area (Å²) in [5, 5.41) is 9.57. The number of unbranched alkanes of at least 4 members (excludes halogenated alkanes) is 4. The molecule has 0 aromatic carbocycles. The normalized spacial score (nSPS) is 11.1. The van der Waals surface area contributed by atoms with Crippen LogP contribution in [-0.2, 0) is 0 Å². The molecule has 0 spiro atoms. The number of aliphatic hydroxyl groups excluding tert-OH is 1. The number of rotatable bonds is 10. The van der Waals surface area contributed by atoms with Crippen molar-refractivity contribution in [3.8, 4) is 0 Å². The lowest BCUT2D eigenvalue weighted by Crippen LogP contribution is -1.97. The van der Waals surface area contributed by atoms with Crippen molar-refractivity contribution in [2.45, 2.75) is 57.1 Å². The molecule has 0 aromatic heterocycles. The maximum Gasteiger partial charge on any atom is 0.146 e. The zero-order valence-corrected chi connectivity index (χ0v) is 11.1. The molecule has 0 saturated heterocycles. The van der Waals surface area contributed by atoms with E-state index in [-0.39, 0.29) is 4.77 Å². The van der Waals surface area contributed by atoms with Crippen LogP contribution in [0.1, 0.15) is 52.4 Å². The van der Waals surface area contributed by atoms with Gasteiger partial charge in [-0.1, -0.05) is 39.5 Å². The van der Waals surface area contributed by atoms with E-state index in [4.69, 9.17) is 0 Å². The number of hydrogen-bond acceptors (Lipinski definition) is 3. The topological polar surface area (TPSA) is 20.2 Å². The molecule has 0 bridgehead atoms. The lowest BCUT2D eigenvalue weighted by atomic mass is 10.3. The van der Waals surface area contributed by atoms with Gasteiger partial charge in [-0.15, -0.1) is 23.5 Å². The summed E-state index contributed by atoms with van der Waals surface area (Å²) in [7, 11) is 0. The number of thioether (sulfide) groups is 2. The van der Waals surface area contributed by atoms with Crippen LogP contribution in [0.3, 0.4) is 0 Å². The third-order valence-corrected chi connectivity index (χ3v) is 4.45. The summed E-state index contributed by atoms with van der Waals surface area (Å²) in [4.78, 5) is 0.